The molecule has 2 heteroatoms. The van der Waals surface area contributed by atoms with Crippen LogP contribution in [0.4, 0.5) is 0 Å². The lowest BCUT2D eigenvalue weighted by atomic mass is 10.1. The third-order valence-electron chi connectivity index (χ3n) is 2.50. The molecule has 0 N–H and O–H groups in total. The largest absolute Gasteiger partial charge is 0.303 e. The quantitative estimate of drug-likeness (QED) is 0.537. The van der Waals surface area contributed by atoms with E-state index in [0.29, 0.717) is 0 Å². The number of carbonyl (C=O) groups excluding carboxylic acids is 2. The number of Topliss-reactive ketones (excluding diaryl/α,β-unsaturated/α-hetero) is 1. The van der Waals surface area contributed by atoms with E-state index >= 15 is 0 Å². The fourth-order valence-corrected chi connectivity index (χ4v) is 1.71. The molecule has 0 saturated heterocycles. The zero-order chi connectivity index (χ0) is 7.94. The molecule has 0 aromatic rings. The smallest absolute Gasteiger partial charge is 0.134 e. The molecule has 0 aromatic carbocycles. The van der Waals surface area contributed by atoms with Crippen LogP contribution in [0.5, 0.6) is 0 Å². The van der Waals surface area contributed by atoms with Crippen LogP contribution in [0.3, 0.4) is 0 Å². The normalized spacial score (nSPS) is 35.1. The third kappa shape index (κ3) is 0.789. The molecule has 1 aliphatic rings. The molecule has 1 aliphatic carbocycles. The van der Waals surface area contributed by atoms with Gasteiger partial charge in [-0.15, -0.1) is 0 Å². The van der Waals surface area contributed by atoms with Gasteiger partial charge in [-0.05, 0) is 12.3 Å². The van der Waals surface area contributed by atoms with Gasteiger partial charge < -0.3 is 4.79 Å². The molecular formula is C8H12O2. The Balaban J connectivity index is 2.70. The highest BCUT2D eigenvalue weighted by Crippen LogP contribution is 2.57. The van der Waals surface area contributed by atoms with E-state index in [4.69, 9.17) is 0 Å². The van der Waals surface area contributed by atoms with Crippen molar-refractivity contribution in [1.29, 1.82) is 0 Å². The van der Waals surface area contributed by atoms with Crippen LogP contribution < -0.4 is 0 Å². The second kappa shape index (κ2) is 1.91. The van der Waals surface area contributed by atoms with Gasteiger partial charge >= 0.3 is 0 Å². The maximum atomic E-state index is 10.8. The van der Waals surface area contributed by atoms with Gasteiger partial charge in [-0.25, -0.2) is 0 Å². The lowest BCUT2D eigenvalue weighted by Gasteiger charge is -1.95. The molecule has 1 rings (SSSR count). The zero-order valence-corrected chi connectivity index (χ0v) is 6.55. The summed E-state index contributed by atoms with van der Waals surface area (Å²) in [5, 5.41) is 0. The van der Waals surface area contributed by atoms with Crippen LogP contribution in [0.15, 0.2) is 0 Å². The van der Waals surface area contributed by atoms with Crippen LogP contribution in [0.25, 0.3) is 0 Å². The van der Waals surface area contributed by atoms with Gasteiger partial charge in [0, 0.05) is 11.8 Å². The second-order valence-electron chi connectivity index (χ2n) is 3.57. The molecule has 2 unspecified atom stereocenters. The Hall–Kier alpha value is -0.660. The highest BCUT2D eigenvalue weighted by Gasteiger charge is 2.60. The van der Waals surface area contributed by atoms with E-state index in [2.05, 4.69) is 0 Å². The first-order chi connectivity index (χ1) is 4.51. The standard InChI is InChI=1S/C8H12O2/c1-5(10)7-6(4-9)8(7,2)3/h4,6-7H,1-3H3. The summed E-state index contributed by atoms with van der Waals surface area (Å²) in [5.74, 6) is 0.108. The summed E-state index contributed by atoms with van der Waals surface area (Å²) in [5.41, 5.74) is -0.0619. The van der Waals surface area contributed by atoms with Gasteiger partial charge in [0.25, 0.3) is 0 Å². The number of ketones is 1. The van der Waals surface area contributed by atoms with Gasteiger partial charge in [0.05, 0.1) is 0 Å². The Bertz CT molecular complexity index is 182. The van der Waals surface area contributed by atoms with Crippen molar-refractivity contribution < 1.29 is 9.59 Å². The fraction of sp³-hybridized carbons (Fsp3) is 0.750. The summed E-state index contributed by atoms with van der Waals surface area (Å²) in [6.07, 6.45) is 0.895. The topological polar surface area (TPSA) is 34.1 Å². The highest BCUT2D eigenvalue weighted by atomic mass is 16.1. The van der Waals surface area contributed by atoms with Crippen molar-refractivity contribution >= 4 is 12.1 Å². The van der Waals surface area contributed by atoms with E-state index in [-0.39, 0.29) is 23.0 Å². The van der Waals surface area contributed by atoms with Gasteiger partial charge in [-0.2, -0.15) is 0 Å². The number of carbonyl (C=O) groups is 2. The monoisotopic (exact) mass is 140 g/mol. The Kier molecular flexibility index (Phi) is 1.42. The summed E-state index contributed by atoms with van der Waals surface area (Å²) in [7, 11) is 0. The molecular weight excluding hydrogens is 128 g/mol. The van der Waals surface area contributed by atoms with E-state index in [9.17, 15) is 9.59 Å². The summed E-state index contributed by atoms with van der Waals surface area (Å²) >= 11 is 0. The SMILES string of the molecule is CC(=O)C1C(C=O)C1(C)C. The number of hydrogen-bond donors (Lipinski definition) is 0. The minimum Gasteiger partial charge on any atom is -0.303 e. The predicted octanol–water partition coefficient (Wildman–Crippen LogP) is 1.05. The molecule has 0 radical (unpaired) electrons. The molecule has 0 heterocycles. The minimum absolute atomic E-state index is 0.00926. The fourth-order valence-electron chi connectivity index (χ4n) is 1.71. The summed E-state index contributed by atoms with van der Waals surface area (Å²) in [6.45, 7) is 5.46. The molecule has 0 aliphatic heterocycles. The first kappa shape index (κ1) is 7.45. The molecule has 0 aromatic heterocycles. The second-order valence-corrected chi connectivity index (χ2v) is 3.57. The van der Waals surface area contributed by atoms with E-state index < -0.39 is 0 Å². The van der Waals surface area contributed by atoms with Crippen LogP contribution in [-0.4, -0.2) is 12.1 Å². The van der Waals surface area contributed by atoms with Crippen molar-refractivity contribution in [3.8, 4) is 0 Å². The Morgan fingerprint density at radius 1 is 1.50 bits per heavy atom. The van der Waals surface area contributed by atoms with Crippen LogP contribution in [-0.2, 0) is 9.59 Å². The predicted molar refractivity (Wildman–Crippen MR) is 37.5 cm³/mol. The van der Waals surface area contributed by atoms with Gasteiger partial charge in [-0.3, -0.25) is 4.79 Å². The minimum atomic E-state index is -0.0619. The maximum absolute atomic E-state index is 10.8. The highest BCUT2D eigenvalue weighted by molar-refractivity contribution is 5.87. The van der Waals surface area contributed by atoms with Crippen molar-refractivity contribution in [3.63, 3.8) is 0 Å². The van der Waals surface area contributed by atoms with Crippen molar-refractivity contribution in [1.82, 2.24) is 0 Å². The first-order valence-corrected chi connectivity index (χ1v) is 3.47. The number of hydrogen-bond acceptors (Lipinski definition) is 2. The average Bonchev–Trinajstić information content (AvgIpc) is 2.33. The van der Waals surface area contributed by atoms with Gasteiger partial charge in [-0.1, -0.05) is 13.8 Å². The molecule has 1 fully saturated rings. The molecule has 2 nitrogen and oxygen atoms in total. The van der Waals surface area contributed by atoms with E-state index in [1.807, 2.05) is 13.8 Å². The molecule has 0 spiro atoms. The zero-order valence-electron chi connectivity index (χ0n) is 6.55. The lowest BCUT2D eigenvalue weighted by molar-refractivity contribution is -0.120. The molecule has 0 bridgehead atoms. The van der Waals surface area contributed by atoms with Gasteiger partial charge in [0.2, 0.25) is 0 Å². The van der Waals surface area contributed by atoms with Crippen molar-refractivity contribution in [2.75, 3.05) is 0 Å². The van der Waals surface area contributed by atoms with Crippen molar-refractivity contribution in [2.45, 2.75) is 20.8 Å². The molecule has 10 heavy (non-hydrogen) atoms. The number of aldehydes is 1. The lowest BCUT2D eigenvalue weighted by Crippen LogP contribution is -1.99. The van der Waals surface area contributed by atoms with Crippen LogP contribution >= 0.6 is 0 Å². The van der Waals surface area contributed by atoms with Crippen LogP contribution in [0.1, 0.15) is 20.8 Å². The van der Waals surface area contributed by atoms with Crippen molar-refractivity contribution in [3.05, 3.63) is 0 Å². The summed E-state index contributed by atoms with van der Waals surface area (Å²) in [6, 6.07) is 0. The van der Waals surface area contributed by atoms with E-state index in [1.54, 1.807) is 6.92 Å². The molecule has 0 amide bonds. The van der Waals surface area contributed by atoms with Gasteiger partial charge in [0.1, 0.15) is 12.1 Å². The Labute approximate surface area is 60.6 Å². The Morgan fingerprint density at radius 2 is 2.00 bits per heavy atom. The summed E-state index contributed by atoms with van der Waals surface area (Å²) in [4.78, 5) is 21.2. The molecule has 1 saturated carbocycles. The molecule has 56 valence electrons. The summed E-state index contributed by atoms with van der Waals surface area (Å²) < 4.78 is 0. The van der Waals surface area contributed by atoms with Crippen LogP contribution in [0.2, 0.25) is 0 Å². The van der Waals surface area contributed by atoms with E-state index in [1.165, 1.54) is 0 Å². The van der Waals surface area contributed by atoms with E-state index in [0.717, 1.165) is 6.29 Å². The van der Waals surface area contributed by atoms with Crippen molar-refractivity contribution in [2.24, 2.45) is 17.3 Å². The average molecular weight is 140 g/mol. The third-order valence-corrected chi connectivity index (χ3v) is 2.50. The first-order valence-electron chi connectivity index (χ1n) is 3.47. The van der Waals surface area contributed by atoms with Crippen LogP contribution in [0, 0.1) is 17.3 Å². The molecule has 2 atom stereocenters. The number of rotatable bonds is 2. The maximum Gasteiger partial charge on any atom is 0.134 e. The Morgan fingerprint density at radius 3 is 2.10 bits per heavy atom. The van der Waals surface area contributed by atoms with Gasteiger partial charge in [0.15, 0.2) is 0 Å².